The first kappa shape index (κ1) is 18.7. The van der Waals surface area contributed by atoms with Crippen molar-refractivity contribution in [3.63, 3.8) is 0 Å². The number of alkyl halides is 3. The number of nitrogens with one attached hydrogen (secondary N) is 1. The van der Waals surface area contributed by atoms with Gasteiger partial charge in [-0.15, -0.1) is 0 Å². The van der Waals surface area contributed by atoms with Crippen LogP contribution in [0.3, 0.4) is 0 Å². The Labute approximate surface area is 140 Å². The van der Waals surface area contributed by atoms with Crippen LogP contribution >= 0.6 is 0 Å². The van der Waals surface area contributed by atoms with E-state index in [2.05, 4.69) is 24.1 Å². The maximum atomic E-state index is 12.9. The number of morpholine rings is 1. The van der Waals surface area contributed by atoms with Crippen LogP contribution in [0.2, 0.25) is 0 Å². The van der Waals surface area contributed by atoms with E-state index in [1.54, 1.807) is 0 Å². The summed E-state index contributed by atoms with van der Waals surface area (Å²) in [6.45, 7) is 6.06. The maximum absolute atomic E-state index is 12.9. The first-order valence-electron chi connectivity index (χ1n) is 8.05. The Morgan fingerprint density at radius 2 is 2.08 bits per heavy atom. The Hall–Kier alpha value is -1.60. The second kappa shape index (κ2) is 7.98. The second-order valence-electron chi connectivity index (χ2n) is 6.22. The van der Waals surface area contributed by atoms with Crippen LogP contribution in [0.1, 0.15) is 31.4 Å². The zero-order valence-corrected chi connectivity index (χ0v) is 13.9. The van der Waals surface area contributed by atoms with Crippen LogP contribution in [-0.4, -0.2) is 42.6 Å². The van der Waals surface area contributed by atoms with Gasteiger partial charge in [0.15, 0.2) is 0 Å². The van der Waals surface area contributed by atoms with Gasteiger partial charge in [0, 0.05) is 25.7 Å². The van der Waals surface area contributed by atoms with Crippen LogP contribution in [-0.2, 0) is 22.3 Å². The average Bonchev–Trinajstić information content (AvgIpc) is 2.52. The monoisotopic (exact) mass is 344 g/mol. The van der Waals surface area contributed by atoms with Gasteiger partial charge in [0.25, 0.3) is 0 Å². The fourth-order valence-electron chi connectivity index (χ4n) is 2.76. The summed E-state index contributed by atoms with van der Waals surface area (Å²) < 4.78 is 44.4. The number of hydrogen-bond acceptors (Lipinski definition) is 3. The molecule has 1 aromatic carbocycles. The standard InChI is InChI=1S/C17H23F3N2O2/c1-12(2)22-7-8-24-14(11-22)9-16(23)21-10-13-5-3-4-6-15(13)17(18,19)20/h3-6,12,14H,7-11H2,1-2H3,(H,21,23). The molecular formula is C17H23F3N2O2. The van der Waals surface area contributed by atoms with Gasteiger partial charge in [-0.3, -0.25) is 9.69 Å². The molecule has 1 N–H and O–H groups in total. The lowest BCUT2D eigenvalue weighted by molar-refractivity contribution is -0.138. The highest BCUT2D eigenvalue weighted by molar-refractivity contribution is 5.76. The molecule has 24 heavy (non-hydrogen) atoms. The van der Waals surface area contributed by atoms with E-state index in [-0.39, 0.29) is 30.5 Å². The lowest BCUT2D eigenvalue weighted by atomic mass is 10.1. The van der Waals surface area contributed by atoms with Crippen molar-refractivity contribution in [2.75, 3.05) is 19.7 Å². The molecule has 0 radical (unpaired) electrons. The van der Waals surface area contributed by atoms with Crippen LogP contribution in [0.25, 0.3) is 0 Å². The van der Waals surface area contributed by atoms with Crippen molar-refractivity contribution >= 4 is 5.91 Å². The van der Waals surface area contributed by atoms with E-state index in [0.717, 1.165) is 12.6 Å². The molecular weight excluding hydrogens is 321 g/mol. The molecule has 1 amide bonds. The molecule has 1 aliphatic rings. The van der Waals surface area contributed by atoms with Crippen molar-refractivity contribution in [2.24, 2.45) is 0 Å². The third kappa shape index (κ3) is 5.21. The highest BCUT2D eigenvalue weighted by atomic mass is 19.4. The van der Waals surface area contributed by atoms with Gasteiger partial charge in [0.2, 0.25) is 5.91 Å². The smallest absolute Gasteiger partial charge is 0.375 e. The van der Waals surface area contributed by atoms with Crippen LogP contribution in [0.15, 0.2) is 24.3 Å². The zero-order valence-electron chi connectivity index (χ0n) is 13.9. The quantitative estimate of drug-likeness (QED) is 0.893. The minimum Gasteiger partial charge on any atom is -0.375 e. The van der Waals surface area contributed by atoms with Gasteiger partial charge in [-0.2, -0.15) is 13.2 Å². The molecule has 4 nitrogen and oxygen atoms in total. The molecule has 1 fully saturated rings. The van der Waals surface area contributed by atoms with Crippen molar-refractivity contribution in [1.29, 1.82) is 0 Å². The molecule has 0 aliphatic carbocycles. The van der Waals surface area contributed by atoms with Gasteiger partial charge >= 0.3 is 6.18 Å². The molecule has 1 aromatic rings. The number of benzene rings is 1. The summed E-state index contributed by atoms with van der Waals surface area (Å²) in [5.74, 6) is -0.303. The number of carbonyl (C=O) groups excluding carboxylic acids is 1. The topological polar surface area (TPSA) is 41.6 Å². The lowest BCUT2D eigenvalue weighted by Gasteiger charge is -2.35. The first-order valence-corrected chi connectivity index (χ1v) is 8.05. The van der Waals surface area contributed by atoms with Gasteiger partial charge in [-0.05, 0) is 25.5 Å². The fourth-order valence-corrected chi connectivity index (χ4v) is 2.76. The molecule has 0 bridgehead atoms. The van der Waals surface area contributed by atoms with E-state index in [1.165, 1.54) is 18.2 Å². The van der Waals surface area contributed by atoms with E-state index >= 15 is 0 Å². The Balaban J connectivity index is 1.88. The highest BCUT2D eigenvalue weighted by Gasteiger charge is 2.33. The molecule has 1 saturated heterocycles. The fraction of sp³-hybridized carbons (Fsp3) is 0.588. The Morgan fingerprint density at radius 3 is 2.75 bits per heavy atom. The molecule has 1 atom stereocenters. The Kier molecular flexibility index (Phi) is 6.23. The Morgan fingerprint density at radius 1 is 1.38 bits per heavy atom. The molecule has 0 aromatic heterocycles. The van der Waals surface area contributed by atoms with E-state index in [0.29, 0.717) is 19.2 Å². The average molecular weight is 344 g/mol. The lowest BCUT2D eigenvalue weighted by Crippen LogP contribution is -2.47. The number of halogens is 3. The minimum absolute atomic E-state index is 0.0618. The molecule has 1 heterocycles. The van der Waals surface area contributed by atoms with E-state index in [4.69, 9.17) is 4.74 Å². The summed E-state index contributed by atoms with van der Waals surface area (Å²) in [7, 11) is 0. The summed E-state index contributed by atoms with van der Waals surface area (Å²) in [6, 6.07) is 5.64. The van der Waals surface area contributed by atoms with E-state index in [1.807, 2.05) is 0 Å². The number of ether oxygens (including phenoxy) is 1. The number of hydrogen-bond donors (Lipinski definition) is 1. The normalized spacial score (nSPS) is 19.5. The molecule has 1 aliphatic heterocycles. The van der Waals surface area contributed by atoms with Crippen molar-refractivity contribution in [1.82, 2.24) is 10.2 Å². The zero-order chi connectivity index (χ0) is 17.7. The van der Waals surface area contributed by atoms with Crippen LogP contribution in [0, 0.1) is 0 Å². The van der Waals surface area contributed by atoms with Gasteiger partial charge in [0.05, 0.1) is 24.7 Å². The summed E-state index contributed by atoms with van der Waals surface area (Å²) in [6.07, 6.45) is -4.50. The van der Waals surface area contributed by atoms with E-state index < -0.39 is 11.7 Å². The van der Waals surface area contributed by atoms with Crippen molar-refractivity contribution < 1.29 is 22.7 Å². The van der Waals surface area contributed by atoms with Crippen LogP contribution in [0.5, 0.6) is 0 Å². The molecule has 2 rings (SSSR count). The summed E-state index contributed by atoms with van der Waals surface area (Å²) in [5.41, 5.74) is -0.656. The first-order chi connectivity index (χ1) is 11.3. The third-order valence-electron chi connectivity index (χ3n) is 4.11. The van der Waals surface area contributed by atoms with Gasteiger partial charge in [0.1, 0.15) is 0 Å². The van der Waals surface area contributed by atoms with Crippen molar-refractivity contribution in [3.05, 3.63) is 35.4 Å². The second-order valence-corrected chi connectivity index (χ2v) is 6.22. The number of carbonyl (C=O) groups is 1. The predicted molar refractivity (Wildman–Crippen MR) is 84.4 cm³/mol. The molecule has 1 unspecified atom stereocenters. The third-order valence-corrected chi connectivity index (χ3v) is 4.11. The number of rotatable bonds is 5. The summed E-state index contributed by atoms with van der Waals surface area (Å²) >= 11 is 0. The van der Waals surface area contributed by atoms with Crippen LogP contribution < -0.4 is 5.32 Å². The number of amides is 1. The molecule has 0 spiro atoms. The highest BCUT2D eigenvalue weighted by Crippen LogP contribution is 2.31. The SMILES string of the molecule is CC(C)N1CCOC(CC(=O)NCc2ccccc2C(F)(F)F)C1. The van der Waals surface area contributed by atoms with Gasteiger partial charge in [-0.25, -0.2) is 0 Å². The van der Waals surface area contributed by atoms with Crippen LogP contribution in [0.4, 0.5) is 13.2 Å². The number of nitrogens with zero attached hydrogens (tertiary/aromatic N) is 1. The minimum atomic E-state index is -4.43. The summed E-state index contributed by atoms with van der Waals surface area (Å²) in [5, 5.41) is 2.57. The maximum Gasteiger partial charge on any atom is 0.416 e. The molecule has 134 valence electrons. The molecule has 7 heteroatoms. The molecule has 0 saturated carbocycles. The largest absolute Gasteiger partial charge is 0.416 e. The predicted octanol–water partition coefficient (Wildman–Crippen LogP) is 2.82. The van der Waals surface area contributed by atoms with E-state index in [9.17, 15) is 18.0 Å². The van der Waals surface area contributed by atoms with Crippen molar-refractivity contribution in [3.8, 4) is 0 Å². The summed E-state index contributed by atoms with van der Waals surface area (Å²) in [4.78, 5) is 14.3. The van der Waals surface area contributed by atoms with Gasteiger partial charge in [-0.1, -0.05) is 18.2 Å². The Bertz CT molecular complexity index is 561. The van der Waals surface area contributed by atoms with Crippen molar-refractivity contribution in [2.45, 2.75) is 45.1 Å². The van der Waals surface area contributed by atoms with Gasteiger partial charge < -0.3 is 10.1 Å².